The van der Waals surface area contributed by atoms with E-state index < -0.39 is 15.9 Å². The Labute approximate surface area is 167 Å². The van der Waals surface area contributed by atoms with Crippen LogP contribution in [0.2, 0.25) is 5.02 Å². The van der Waals surface area contributed by atoms with Crippen LogP contribution in [-0.2, 0) is 16.6 Å². The Kier molecular flexibility index (Phi) is 5.96. The van der Waals surface area contributed by atoms with Gasteiger partial charge in [0.05, 0.1) is 4.90 Å². The van der Waals surface area contributed by atoms with Gasteiger partial charge in [0.25, 0.3) is 5.91 Å². The third-order valence-electron chi connectivity index (χ3n) is 3.85. The summed E-state index contributed by atoms with van der Waals surface area (Å²) in [6.45, 7) is 2.07. The maximum Gasteiger partial charge on any atom is 0.255 e. The molecule has 0 aliphatic rings. The summed E-state index contributed by atoms with van der Waals surface area (Å²) in [7, 11) is -3.72. The van der Waals surface area contributed by atoms with E-state index >= 15 is 0 Å². The molecular weight excluding hydrogens is 404 g/mol. The maximum absolute atomic E-state index is 12.5. The largest absolute Gasteiger partial charge is 0.322 e. The van der Waals surface area contributed by atoms with Crippen LogP contribution in [0.4, 0.5) is 5.69 Å². The third kappa shape index (κ3) is 4.95. The lowest BCUT2D eigenvalue weighted by atomic mass is 10.2. The summed E-state index contributed by atoms with van der Waals surface area (Å²) < 4.78 is 27.5. The highest BCUT2D eigenvalue weighted by atomic mass is 35.5. The molecule has 27 heavy (non-hydrogen) atoms. The predicted molar refractivity (Wildman–Crippen MR) is 109 cm³/mol. The summed E-state index contributed by atoms with van der Waals surface area (Å²) in [4.78, 5) is 13.4. The predicted octanol–water partition coefficient (Wildman–Crippen LogP) is 4.44. The molecule has 2 aromatic carbocycles. The van der Waals surface area contributed by atoms with Crippen molar-refractivity contribution in [3.8, 4) is 0 Å². The number of amides is 1. The van der Waals surface area contributed by atoms with Gasteiger partial charge in [0.15, 0.2) is 0 Å². The Bertz CT molecular complexity index is 1060. The van der Waals surface area contributed by atoms with Gasteiger partial charge in [0, 0.05) is 27.7 Å². The smallest absolute Gasteiger partial charge is 0.255 e. The molecule has 0 saturated carbocycles. The van der Waals surface area contributed by atoms with Crippen molar-refractivity contribution in [1.29, 1.82) is 0 Å². The van der Waals surface area contributed by atoms with Gasteiger partial charge >= 0.3 is 0 Å². The van der Waals surface area contributed by atoms with Gasteiger partial charge in [-0.2, -0.15) is 0 Å². The Morgan fingerprint density at radius 3 is 2.63 bits per heavy atom. The molecule has 8 heteroatoms. The van der Waals surface area contributed by atoms with Crippen molar-refractivity contribution in [2.45, 2.75) is 18.4 Å². The molecule has 0 radical (unpaired) electrons. The zero-order valence-corrected chi connectivity index (χ0v) is 16.8. The molecule has 0 aliphatic carbocycles. The lowest BCUT2D eigenvalue weighted by Gasteiger charge is -2.09. The molecule has 3 aromatic rings. The van der Waals surface area contributed by atoms with E-state index in [0.717, 1.165) is 10.4 Å². The normalized spacial score (nSPS) is 11.3. The number of carbonyl (C=O) groups excluding carboxylic acids is 1. The zero-order valence-electron chi connectivity index (χ0n) is 14.4. The number of sulfonamides is 1. The van der Waals surface area contributed by atoms with Crippen molar-refractivity contribution in [3.63, 3.8) is 0 Å². The minimum atomic E-state index is -3.72. The summed E-state index contributed by atoms with van der Waals surface area (Å²) in [5.41, 5.74) is 1.69. The lowest BCUT2D eigenvalue weighted by Crippen LogP contribution is -2.23. The van der Waals surface area contributed by atoms with Gasteiger partial charge < -0.3 is 5.32 Å². The van der Waals surface area contributed by atoms with Crippen molar-refractivity contribution in [2.75, 3.05) is 5.32 Å². The zero-order chi connectivity index (χ0) is 19.4. The second kappa shape index (κ2) is 8.22. The Morgan fingerprint density at radius 2 is 1.93 bits per heavy atom. The first-order valence-corrected chi connectivity index (χ1v) is 10.8. The van der Waals surface area contributed by atoms with E-state index in [1.165, 1.54) is 29.5 Å². The number of aryl methyl sites for hydroxylation is 1. The fourth-order valence-corrected chi connectivity index (χ4v) is 4.31. The summed E-state index contributed by atoms with van der Waals surface area (Å²) >= 11 is 7.54. The lowest BCUT2D eigenvalue weighted by molar-refractivity contribution is 0.102. The van der Waals surface area contributed by atoms with Gasteiger partial charge in [-0.05, 0) is 54.3 Å². The Morgan fingerprint density at radius 1 is 1.11 bits per heavy atom. The van der Waals surface area contributed by atoms with Crippen LogP contribution in [0.3, 0.4) is 0 Å². The molecule has 0 aliphatic heterocycles. The van der Waals surface area contributed by atoms with Crippen molar-refractivity contribution in [1.82, 2.24) is 4.72 Å². The molecule has 5 nitrogen and oxygen atoms in total. The van der Waals surface area contributed by atoms with E-state index in [9.17, 15) is 13.2 Å². The molecule has 2 N–H and O–H groups in total. The second-order valence-electron chi connectivity index (χ2n) is 5.85. The molecule has 0 atom stereocenters. The maximum atomic E-state index is 12.5. The van der Waals surface area contributed by atoms with E-state index in [1.807, 2.05) is 24.4 Å². The van der Waals surface area contributed by atoms with Crippen LogP contribution in [0.25, 0.3) is 0 Å². The standard InChI is InChI=1S/C19H17ClN2O3S2/c1-13-7-8-15(11-18(13)20)22-19(23)14-4-2-6-17(10-14)27(24,25)21-12-16-5-3-9-26-16/h2-11,21H,12H2,1H3,(H,22,23). The van der Waals surface area contributed by atoms with Gasteiger partial charge in [-0.15, -0.1) is 11.3 Å². The average Bonchev–Trinajstić information content (AvgIpc) is 3.17. The molecule has 0 bridgehead atoms. The highest BCUT2D eigenvalue weighted by Gasteiger charge is 2.16. The molecule has 1 amide bonds. The SMILES string of the molecule is Cc1ccc(NC(=O)c2cccc(S(=O)(=O)NCc3cccs3)c2)cc1Cl. The Balaban J connectivity index is 1.75. The van der Waals surface area contributed by atoms with Gasteiger partial charge in [0.2, 0.25) is 10.0 Å². The van der Waals surface area contributed by atoms with Crippen molar-refractivity contribution < 1.29 is 13.2 Å². The van der Waals surface area contributed by atoms with E-state index in [1.54, 1.807) is 24.3 Å². The van der Waals surface area contributed by atoms with Crippen molar-refractivity contribution in [3.05, 3.63) is 81.0 Å². The number of hydrogen-bond donors (Lipinski definition) is 2. The van der Waals surface area contributed by atoms with Crippen molar-refractivity contribution >= 4 is 44.6 Å². The number of benzene rings is 2. The highest BCUT2D eigenvalue weighted by Crippen LogP contribution is 2.21. The first-order chi connectivity index (χ1) is 12.8. The summed E-state index contributed by atoms with van der Waals surface area (Å²) in [5, 5.41) is 5.15. The molecular formula is C19H17ClN2O3S2. The van der Waals surface area contributed by atoms with E-state index in [0.29, 0.717) is 10.7 Å². The van der Waals surface area contributed by atoms with Crippen LogP contribution < -0.4 is 10.0 Å². The summed E-state index contributed by atoms with van der Waals surface area (Å²) in [6.07, 6.45) is 0. The highest BCUT2D eigenvalue weighted by molar-refractivity contribution is 7.89. The fourth-order valence-electron chi connectivity index (χ4n) is 2.34. The topological polar surface area (TPSA) is 75.3 Å². The number of rotatable bonds is 6. The molecule has 1 heterocycles. The van der Waals surface area contributed by atoms with Gasteiger partial charge in [-0.3, -0.25) is 4.79 Å². The monoisotopic (exact) mass is 420 g/mol. The van der Waals surface area contributed by atoms with E-state index in [2.05, 4.69) is 10.0 Å². The number of hydrogen-bond acceptors (Lipinski definition) is 4. The van der Waals surface area contributed by atoms with Crippen LogP contribution in [0, 0.1) is 6.92 Å². The van der Waals surface area contributed by atoms with Crippen LogP contribution in [0.1, 0.15) is 20.8 Å². The third-order valence-corrected chi connectivity index (χ3v) is 6.54. The van der Waals surface area contributed by atoms with Crippen LogP contribution in [0.5, 0.6) is 0 Å². The quantitative estimate of drug-likeness (QED) is 0.619. The van der Waals surface area contributed by atoms with Gasteiger partial charge in [0.1, 0.15) is 0 Å². The Hall–Kier alpha value is -2.19. The van der Waals surface area contributed by atoms with Crippen LogP contribution in [0.15, 0.2) is 64.9 Å². The number of thiophene rings is 1. The molecule has 0 unspecified atom stereocenters. The number of nitrogens with one attached hydrogen (secondary N) is 2. The first-order valence-electron chi connectivity index (χ1n) is 8.05. The molecule has 140 valence electrons. The molecule has 0 fully saturated rings. The summed E-state index contributed by atoms with van der Waals surface area (Å²) in [6, 6.07) is 14.8. The molecule has 0 saturated heterocycles. The number of anilines is 1. The van der Waals surface area contributed by atoms with Crippen LogP contribution in [-0.4, -0.2) is 14.3 Å². The first kappa shape index (κ1) is 19.6. The van der Waals surface area contributed by atoms with Crippen LogP contribution >= 0.6 is 22.9 Å². The minimum absolute atomic E-state index is 0.0358. The van der Waals surface area contributed by atoms with Crippen molar-refractivity contribution in [2.24, 2.45) is 0 Å². The fraction of sp³-hybridized carbons (Fsp3) is 0.105. The average molecular weight is 421 g/mol. The minimum Gasteiger partial charge on any atom is -0.322 e. The molecule has 3 rings (SSSR count). The summed E-state index contributed by atoms with van der Waals surface area (Å²) in [5.74, 6) is -0.412. The molecule has 1 aromatic heterocycles. The van der Waals surface area contributed by atoms with Gasteiger partial charge in [-0.1, -0.05) is 29.8 Å². The molecule has 0 spiro atoms. The number of carbonyl (C=O) groups is 1. The van der Waals surface area contributed by atoms with E-state index in [-0.39, 0.29) is 17.0 Å². The second-order valence-corrected chi connectivity index (χ2v) is 9.06. The number of halogens is 1. The van der Waals surface area contributed by atoms with Gasteiger partial charge in [-0.25, -0.2) is 13.1 Å². The van der Waals surface area contributed by atoms with E-state index in [4.69, 9.17) is 11.6 Å².